The minimum Gasteiger partial charge on any atom is -0.490 e. The first-order valence-corrected chi connectivity index (χ1v) is 10.9. The van der Waals surface area contributed by atoms with Crippen molar-refractivity contribution >= 4 is 29.1 Å². The van der Waals surface area contributed by atoms with Crippen molar-refractivity contribution in [2.45, 2.75) is 39.3 Å². The smallest absolute Gasteiger partial charge is 0.311 e. The highest BCUT2D eigenvalue weighted by Gasteiger charge is 2.27. The van der Waals surface area contributed by atoms with Gasteiger partial charge in [-0.15, -0.1) is 0 Å². The van der Waals surface area contributed by atoms with Crippen LogP contribution in [0.1, 0.15) is 32.3 Å². The fourth-order valence-electron chi connectivity index (χ4n) is 3.06. The quantitative estimate of drug-likeness (QED) is 0.281. The lowest BCUT2D eigenvalue weighted by Crippen LogP contribution is -2.49. The number of nitrogens with zero attached hydrogens (tertiary/aromatic N) is 2. The molecule has 0 radical (unpaired) electrons. The molecule has 2 amide bonds. The molecule has 9 nitrogen and oxygen atoms in total. The topological polar surface area (TPSA) is 111 Å². The van der Waals surface area contributed by atoms with Crippen LogP contribution in [0.15, 0.2) is 42.5 Å². The van der Waals surface area contributed by atoms with Gasteiger partial charge in [-0.1, -0.05) is 43.1 Å². The number of carbonyl (C=O) groups excluding carboxylic acids is 2. The minimum absolute atomic E-state index is 0.0153. The van der Waals surface area contributed by atoms with E-state index in [1.807, 2.05) is 6.92 Å². The maximum Gasteiger partial charge on any atom is 0.311 e. The Bertz CT molecular complexity index is 984. The van der Waals surface area contributed by atoms with Gasteiger partial charge in [-0.25, -0.2) is 0 Å². The van der Waals surface area contributed by atoms with Crippen molar-refractivity contribution in [3.05, 3.63) is 63.2 Å². The van der Waals surface area contributed by atoms with Crippen LogP contribution < -0.4 is 14.8 Å². The van der Waals surface area contributed by atoms with E-state index in [0.717, 1.165) is 12.8 Å². The summed E-state index contributed by atoms with van der Waals surface area (Å²) < 4.78 is 10.6. The van der Waals surface area contributed by atoms with Gasteiger partial charge in [0.15, 0.2) is 6.61 Å². The summed E-state index contributed by atoms with van der Waals surface area (Å²) in [5.74, 6) is -0.476. The van der Waals surface area contributed by atoms with E-state index in [1.165, 1.54) is 30.2 Å². The van der Waals surface area contributed by atoms with Gasteiger partial charge in [0.25, 0.3) is 5.91 Å². The molecule has 0 saturated heterocycles. The van der Waals surface area contributed by atoms with Crippen LogP contribution in [0.4, 0.5) is 5.69 Å². The molecule has 10 heteroatoms. The maximum atomic E-state index is 13.1. The summed E-state index contributed by atoms with van der Waals surface area (Å²) >= 11 is 6.27. The summed E-state index contributed by atoms with van der Waals surface area (Å²) in [6.45, 7) is 3.93. The summed E-state index contributed by atoms with van der Waals surface area (Å²) in [5.41, 5.74) is 0.478. The Kier molecular flexibility index (Phi) is 9.93. The zero-order valence-corrected chi connectivity index (χ0v) is 19.6. The monoisotopic (exact) mass is 477 g/mol. The van der Waals surface area contributed by atoms with Gasteiger partial charge in [0.2, 0.25) is 11.7 Å². The summed E-state index contributed by atoms with van der Waals surface area (Å²) in [6, 6.07) is 10.3. The molecular formula is C23H28ClN3O6. The van der Waals surface area contributed by atoms with E-state index in [9.17, 15) is 19.7 Å². The molecule has 2 aromatic rings. The molecule has 33 heavy (non-hydrogen) atoms. The van der Waals surface area contributed by atoms with Crippen LogP contribution in [-0.4, -0.2) is 47.9 Å². The number of unbranched alkanes of at least 4 members (excludes halogenated alkanes) is 1. The van der Waals surface area contributed by atoms with Crippen molar-refractivity contribution in [3.8, 4) is 11.5 Å². The Morgan fingerprint density at radius 1 is 1.24 bits per heavy atom. The number of ether oxygens (including phenoxy) is 2. The van der Waals surface area contributed by atoms with Gasteiger partial charge in [0.05, 0.1) is 12.0 Å². The van der Waals surface area contributed by atoms with Crippen LogP contribution in [0, 0.1) is 10.1 Å². The Labute approximate surface area is 197 Å². The zero-order chi connectivity index (χ0) is 24.4. The lowest BCUT2D eigenvalue weighted by Gasteiger charge is -2.29. The van der Waals surface area contributed by atoms with E-state index in [1.54, 1.807) is 31.2 Å². The Hall–Kier alpha value is -3.33. The highest BCUT2D eigenvalue weighted by molar-refractivity contribution is 6.31. The third kappa shape index (κ3) is 7.35. The molecule has 1 atom stereocenters. The second-order valence-electron chi connectivity index (χ2n) is 7.31. The van der Waals surface area contributed by atoms with Crippen molar-refractivity contribution in [2.24, 2.45) is 0 Å². The van der Waals surface area contributed by atoms with Crippen LogP contribution in [-0.2, 0) is 16.1 Å². The van der Waals surface area contributed by atoms with Crippen LogP contribution in [0.25, 0.3) is 0 Å². The molecule has 0 aliphatic rings. The van der Waals surface area contributed by atoms with Gasteiger partial charge in [0, 0.05) is 30.2 Å². The van der Waals surface area contributed by atoms with Crippen LogP contribution in [0.2, 0.25) is 5.02 Å². The molecule has 1 unspecified atom stereocenters. The van der Waals surface area contributed by atoms with Gasteiger partial charge < -0.3 is 19.7 Å². The van der Waals surface area contributed by atoms with Crippen LogP contribution in [0.5, 0.6) is 11.5 Å². The van der Waals surface area contributed by atoms with E-state index >= 15 is 0 Å². The predicted octanol–water partition coefficient (Wildman–Crippen LogP) is 3.97. The third-order valence-electron chi connectivity index (χ3n) is 5.01. The number of halogens is 1. The molecule has 0 aliphatic heterocycles. The first kappa shape index (κ1) is 25.9. The number of benzene rings is 2. The average molecular weight is 478 g/mol. The fraction of sp³-hybridized carbons (Fsp3) is 0.391. The number of carbonyl (C=O) groups is 2. The van der Waals surface area contributed by atoms with E-state index in [2.05, 4.69) is 5.32 Å². The van der Waals surface area contributed by atoms with E-state index in [-0.39, 0.29) is 36.2 Å². The number of amides is 2. The van der Waals surface area contributed by atoms with Gasteiger partial charge in [-0.2, -0.15) is 0 Å². The largest absolute Gasteiger partial charge is 0.490 e. The maximum absolute atomic E-state index is 13.1. The minimum atomic E-state index is -0.763. The molecule has 0 fully saturated rings. The third-order valence-corrected chi connectivity index (χ3v) is 5.37. The van der Waals surface area contributed by atoms with Crippen molar-refractivity contribution in [1.82, 2.24) is 10.2 Å². The number of hydrogen-bond donors (Lipinski definition) is 1. The normalized spacial score (nSPS) is 11.4. The average Bonchev–Trinajstić information content (AvgIpc) is 2.81. The summed E-state index contributed by atoms with van der Waals surface area (Å²) in [6.07, 6.45) is 1.77. The summed E-state index contributed by atoms with van der Waals surface area (Å²) in [5, 5.41) is 14.4. The molecule has 0 saturated carbocycles. The lowest BCUT2D eigenvalue weighted by atomic mass is 10.1. The van der Waals surface area contributed by atoms with Crippen LogP contribution >= 0.6 is 11.6 Å². The first-order valence-electron chi connectivity index (χ1n) is 10.5. The number of hydrogen-bond acceptors (Lipinski definition) is 6. The van der Waals surface area contributed by atoms with E-state index in [4.69, 9.17) is 21.1 Å². The fourth-order valence-corrected chi connectivity index (χ4v) is 3.25. The predicted molar refractivity (Wildman–Crippen MR) is 125 cm³/mol. The number of rotatable bonds is 12. The Balaban J connectivity index is 2.18. The summed E-state index contributed by atoms with van der Waals surface area (Å²) in [4.78, 5) is 37.6. The molecule has 0 aliphatic carbocycles. The second-order valence-corrected chi connectivity index (χ2v) is 7.72. The lowest BCUT2D eigenvalue weighted by molar-refractivity contribution is -0.385. The standard InChI is InChI=1S/C23H28ClN3O6/c1-4-5-12-25-23(29)16(2)26(14-17-8-6-7-9-19(17)24)22(28)15-33-18-10-11-20(27(30)31)21(13-18)32-3/h6-11,13,16H,4-5,12,14-15H2,1-3H3,(H,25,29). The number of nitro groups is 1. The molecule has 2 rings (SSSR count). The van der Waals surface area contributed by atoms with Crippen molar-refractivity contribution in [2.75, 3.05) is 20.3 Å². The molecule has 0 aromatic heterocycles. The first-order chi connectivity index (χ1) is 15.8. The van der Waals surface area contributed by atoms with Gasteiger partial charge >= 0.3 is 5.69 Å². The van der Waals surface area contributed by atoms with Gasteiger partial charge in [0.1, 0.15) is 11.8 Å². The van der Waals surface area contributed by atoms with Gasteiger partial charge in [-0.05, 0) is 31.0 Å². The van der Waals surface area contributed by atoms with Crippen molar-refractivity contribution in [1.29, 1.82) is 0 Å². The van der Waals surface area contributed by atoms with Gasteiger partial charge in [-0.3, -0.25) is 19.7 Å². The number of nitro benzene ring substituents is 1. The zero-order valence-electron chi connectivity index (χ0n) is 18.9. The van der Waals surface area contributed by atoms with E-state index < -0.39 is 16.9 Å². The second kappa shape index (κ2) is 12.6. The van der Waals surface area contributed by atoms with Crippen LogP contribution in [0.3, 0.4) is 0 Å². The Morgan fingerprint density at radius 3 is 2.61 bits per heavy atom. The highest BCUT2D eigenvalue weighted by Crippen LogP contribution is 2.30. The Morgan fingerprint density at radius 2 is 1.97 bits per heavy atom. The molecule has 178 valence electrons. The SMILES string of the molecule is CCCCNC(=O)C(C)N(Cc1ccccc1Cl)C(=O)COc1ccc([N+](=O)[O-])c(OC)c1. The number of methoxy groups -OCH3 is 1. The summed E-state index contributed by atoms with van der Waals surface area (Å²) in [7, 11) is 1.31. The molecule has 1 N–H and O–H groups in total. The molecule has 0 spiro atoms. The molecule has 0 bridgehead atoms. The van der Waals surface area contributed by atoms with Crippen molar-refractivity contribution in [3.63, 3.8) is 0 Å². The number of nitrogens with one attached hydrogen (secondary N) is 1. The molecule has 0 heterocycles. The molecule has 2 aromatic carbocycles. The highest BCUT2D eigenvalue weighted by atomic mass is 35.5. The van der Waals surface area contributed by atoms with Crippen molar-refractivity contribution < 1.29 is 24.0 Å². The molecular weight excluding hydrogens is 450 g/mol. The van der Waals surface area contributed by atoms with E-state index in [0.29, 0.717) is 17.1 Å².